The predicted molar refractivity (Wildman–Crippen MR) is 106 cm³/mol. The van der Waals surface area contributed by atoms with Crippen LogP contribution in [0.4, 0.5) is 0 Å². The van der Waals surface area contributed by atoms with E-state index in [9.17, 15) is 0 Å². The third-order valence-corrected chi connectivity index (χ3v) is 5.74. The molecule has 29 heavy (non-hydrogen) atoms. The Hall–Kier alpha value is -2.00. The lowest BCUT2D eigenvalue weighted by atomic mass is 10.0. The zero-order valence-corrected chi connectivity index (χ0v) is 17.2. The van der Waals surface area contributed by atoms with Crippen molar-refractivity contribution in [3.05, 3.63) is 35.4 Å². The molecule has 8 nitrogen and oxygen atoms in total. The van der Waals surface area contributed by atoms with Crippen molar-refractivity contribution in [3.8, 4) is 0 Å². The van der Waals surface area contributed by atoms with E-state index in [4.69, 9.17) is 24.9 Å². The highest BCUT2D eigenvalue weighted by Gasteiger charge is 2.30. The largest absolute Gasteiger partial charge is 0.539 e. The van der Waals surface area contributed by atoms with Gasteiger partial charge in [-0.15, -0.1) is 0 Å². The van der Waals surface area contributed by atoms with E-state index < -0.39 is 11.9 Å². The number of piperazine rings is 1. The van der Waals surface area contributed by atoms with Crippen molar-refractivity contribution >= 4 is 11.9 Å². The fraction of sp³-hybridized carbons (Fsp3) is 0.619. The monoisotopic (exact) mass is 407 g/mol. The van der Waals surface area contributed by atoms with E-state index in [2.05, 4.69) is 41.0 Å². The molecule has 2 fully saturated rings. The minimum absolute atomic E-state index is 0.298. The van der Waals surface area contributed by atoms with Crippen molar-refractivity contribution in [2.24, 2.45) is 0 Å². The number of β-amino-alcohol motifs (C(OH)–C–C–N with tert-alkyl or cyclic N) is 1. The second-order valence-electron chi connectivity index (χ2n) is 7.86. The number of rotatable bonds is 5. The van der Waals surface area contributed by atoms with E-state index >= 15 is 0 Å². The maximum Gasteiger partial charge on any atom is 0.351 e. The Balaban J connectivity index is 0.000000438. The van der Waals surface area contributed by atoms with Gasteiger partial charge in [-0.05, 0) is 12.5 Å². The summed E-state index contributed by atoms with van der Waals surface area (Å²) in [6, 6.07) is 9.77. The summed E-state index contributed by atoms with van der Waals surface area (Å²) in [5.41, 5.74) is 2.82. The minimum atomic E-state index is -2.07. The Morgan fingerprint density at radius 2 is 1.76 bits per heavy atom. The van der Waals surface area contributed by atoms with Gasteiger partial charge in [0.2, 0.25) is 0 Å². The molecule has 2 saturated heterocycles. The molecule has 3 N–H and O–H groups in total. The molecule has 8 heteroatoms. The van der Waals surface area contributed by atoms with Crippen molar-refractivity contribution in [1.82, 2.24) is 9.80 Å². The summed E-state index contributed by atoms with van der Waals surface area (Å²) in [7, 11) is 0. The Kier molecular flexibility index (Phi) is 9.53. The van der Waals surface area contributed by atoms with Crippen LogP contribution in [-0.4, -0.2) is 90.4 Å². The molecule has 2 heterocycles. The molecule has 0 saturated carbocycles. The van der Waals surface area contributed by atoms with Crippen LogP contribution < -0.4 is 10.0 Å². The van der Waals surface area contributed by atoms with Gasteiger partial charge in [0.25, 0.3) is 0 Å². The number of hydrogen-bond donors (Lipinski definition) is 3. The van der Waals surface area contributed by atoms with Crippen molar-refractivity contribution < 1.29 is 29.8 Å². The first-order valence-corrected chi connectivity index (χ1v) is 10.3. The summed E-state index contributed by atoms with van der Waals surface area (Å²) < 4.78 is 0. The first-order valence-electron chi connectivity index (χ1n) is 10.3. The zero-order valence-electron chi connectivity index (χ0n) is 17.2. The number of quaternary nitrogens is 1. The number of nitrogens with one attached hydrogen (secondary N) is 1. The smallest absolute Gasteiger partial charge is 0.351 e. The average molecular weight is 408 g/mol. The van der Waals surface area contributed by atoms with E-state index in [1.165, 1.54) is 50.1 Å². The normalized spacial score (nSPS) is 19.4. The number of benzene rings is 1. The topological polar surface area (TPSA) is 109 Å². The zero-order chi connectivity index (χ0) is 21.2. The third-order valence-electron chi connectivity index (χ3n) is 5.74. The number of nitrogens with zero attached hydrogens (tertiary/aromatic N) is 2. The molecule has 2 aliphatic rings. The van der Waals surface area contributed by atoms with Crippen LogP contribution in [0.25, 0.3) is 0 Å². The fourth-order valence-corrected chi connectivity index (χ4v) is 4.18. The van der Waals surface area contributed by atoms with Crippen LogP contribution in [0.1, 0.15) is 24.0 Å². The highest BCUT2D eigenvalue weighted by atomic mass is 16.4. The van der Waals surface area contributed by atoms with Crippen LogP contribution in [0.2, 0.25) is 0 Å². The van der Waals surface area contributed by atoms with Gasteiger partial charge in [0, 0.05) is 52.1 Å². The van der Waals surface area contributed by atoms with E-state index in [1.807, 2.05) is 0 Å². The molecule has 0 radical (unpaired) electrons. The van der Waals surface area contributed by atoms with E-state index in [-0.39, 0.29) is 0 Å². The molecule has 162 valence electrons. The molecular weight excluding hydrogens is 374 g/mol. The summed E-state index contributed by atoms with van der Waals surface area (Å²) in [4.78, 5) is 24.8. The molecule has 1 aromatic carbocycles. The van der Waals surface area contributed by atoms with Crippen LogP contribution in [-0.2, 0) is 16.1 Å². The lowest BCUT2D eigenvalue weighted by molar-refractivity contribution is -0.930. The highest BCUT2D eigenvalue weighted by molar-refractivity contribution is 6.26. The number of carboxylic acid groups (broad SMARTS) is 2. The number of carboxylic acids is 2. The maximum atomic E-state index is 9.05. The standard InChI is InChI=1S/C19H31N3O.C2H2O4/c1-17-3-2-4-18(15-17)16-21-7-5-19(6-8-21)22-11-9-20(10-12-22)13-14-23;3-1(4)2(5)6/h2-4,15,19,23H,5-14,16H2,1H3;(H,3,4)(H,5,6). The molecule has 0 unspecified atom stereocenters. The Labute approximate surface area is 172 Å². The van der Waals surface area contributed by atoms with Crippen LogP contribution in [0, 0.1) is 6.92 Å². The fourth-order valence-electron chi connectivity index (χ4n) is 4.18. The lowest BCUT2D eigenvalue weighted by Gasteiger charge is -2.40. The summed E-state index contributed by atoms with van der Waals surface area (Å²) in [6.45, 7) is 11.7. The number of aryl methyl sites for hydroxylation is 1. The highest BCUT2D eigenvalue weighted by Crippen LogP contribution is 2.13. The number of piperidine rings is 1. The SMILES string of the molecule is Cc1cccc(CN2CCC([NH+]3CCN(CCO)CC3)CC2)c1.O=C([O-])C(=O)O. The van der Waals surface area contributed by atoms with Crippen LogP contribution in [0.3, 0.4) is 0 Å². The Morgan fingerprint density at radius 1 is 1.14 bits per heavy atom. The number of aliphatic hydroxyl groups excluding tert-OH is 1. The molecule has 1 aromatic rings. The summed E-state index contributed by atoms with van der Waals surface area (Å²) in [5.74, 6) is -4.01. The predicted octanol–water partition coefficient (Wildman–Crippen LogP) is -2.03. The van der Waals surface area contributed by atoms with E-state index in [1.54, 1.807) is 4.90 Å². The second-order valence-corrected chi connectivity index (χ2v) is 7.86. The number of aliphatic hydroxyl groups is 1. The quantitative estimate of drug-likeness (QED) is 0.483. The summed E-state index contributed by atoms with van der Waals surface area (Å²) >= 11 is 0. The van der Waals surface area contributed by atoms with Crippen molar-refractivity contribution in [3.63, 3.8) is 0 Å². The minimum Gasteiger partial charge on any atom is -0.539 e. The first kappa shape index (κ1) is 23.3. The summed E-state index contributed by atoms with van der Waals surface area (Å²) in [6.07, 6.45) is 2.67. The van der Waals surface area contributed by atoms with Crippen molar-refractivity contribution in [2.45, 2.75) is 32.4 Å². The molecule has 0 aliphatic carbocycles. The Bertz CT molecular complexity index is 641. The Morgan fingerprint density at radius 3 is 2.28 bits per heavy atom. The van der Waals surface area contributed by atoms with E-state index in [0.717, 1.165) is 32.2 Å². The first-order chi connectivity index (χ1) is 13.9. The van der Waals surface area contributed by atoms with Gasteiger partial charge in [-0.3, -0.25) is 9.80 Å². The van der Waals surface area contributed by atoms with Gasteiger partial charge in [0.15, 0.2) is 5.97 Å². The number of hydrogen-bond acceptors (Lipinski definition) is 6. The molecule has 0 spiro atoms. The van der Waals surface area contributed by atoms with Crippen LogP contribution >= 0.6 is 0 Å². The van der Waals surface area contributed by atoms with Gasteiger partial charge in [-0.2, -0.15) is 0 Å². The maximum absolute atomic E-state index is 9.05. The van der Waals surface area contributed by atoms with Crippen LogP contribution in [0.15, 0.2) is 24.3 Å². The van der Waals surface area contributed by atoms with Gasteiger partial charge in [0.05, 0.1) is 25.7 Å². The molecule has 0 atom stereocenters. The van der Waals surface area contributed by atoms with Crippen LogP contribution in [0.5, 0.6) is 0 Å². The average Bonchev–Trinajstić information content (AvgIpc) is 2.70. The van der Waals surface area contributed by atoms with Crippen molar-refractivity contribution in [1.29, 1.82) is 0 Å². The van der Waals surface area contributed by atoms with E-state index in [0.29, 0.717) is 6.61 Å². The molecule has 0 bridgehead atoms. The number of aliphatic carboxylic acids is 2. The van der Waals surface area contributed by atoms with Crippen molar-refractivity contribution in [2.75, 3.05) is 52.4 Å². The molecular formula is C21H33N3O5. The number of likely N-dealkylation sites (tertiary alicyclic amines) is 1. The van der Waals surface area contributed by atoms with Gasteiger partial charge in [0.1, 0.15) is 0 Å². The number of carbonyl (C=O) groups is 2. The summed E-state index contributed by atoms with van der Waals surface area (Å²) in [5, 5.41) is 25.4. The second kappa shape index (κ2) is 11.9. The van der Waals surface area contributed by atoms with Gasteiger partial charge in [-0.1, -0.05) is 29.8 Å². The molecule has 0 amide bonds. The van der Waals surface area contributed by atoms with Gasteiger partial charge < -0.3 is 25.0 Å². The third kappa shape index (κ3) is 8.10. The number of carbonyl (C=O) groups excluding carboxylic acids is 1. The van der Waals surface area contributed by atoms with Gasteiger partial charge >= 0.3 is 5.97 Å². The molecule has 3 rings (SSSR count). The lowest BCUT2D eigenvalue weighted by Crippen LogP contribution is -3.18. The van der Waals surface area contributed by atoms with Gasteiger partial charge in [-0.25, -0.2) is 4.79 Å². The molecule has 0 aromatic heterocycles. The molecule has 2 aliphatic heterocycles.